The van der Waals surface area contributed by atoms with Crippen LogP contribution in [0.1, 0.15) is 35.2 Å². The van der Waals surface area contributed by atoms with E-state index in [-0.39, 0.29) is 37.1 Å². The summed E-state index contributed by atoms with van der Waals surface area (Å²) in [4.78, 5) is 37.3. The molecular formula is C24H28N2O5. The molecule has 0 radical (unpaired) electrons. The van der Waals surface area contributed by atoms with Gasteiger partial charge < -0.3 is 20.1 Å². The number of aliphatic hydroxyl groups excluding tert-OH is 1. The van der Waals surface area contributed by atoms with Crippen LogP contribution in [0.3, 0.4) is 0 Å². The second kappa shape index (κ2) is 12.3. The minimum Gasteiger partial charge on any atom is -0.469 e. The van der Waals surface area contributed by atoms with Gasteiger partial charge >= 0.3 is 5.97 Å². The smallest absolute Gasteiger partial charge is 0.305 e. The molecular weight excluding hydrogens is 396 g/mol. The van der Waals surface area contributed by atoms with E-state index in [4.69, 9.17) is 5.11 Å². The van der Waals surface area contributed by atoms with Crippen molar-refractivity contribution >= 4 is 35.1 Å². The van der Waals surface area contributed by atoms with Gasteiger partial charge in [-0.1, -0.05) is 18.2 Å². The molecule has 2 N–H and O–H groups in total. The number of allylic oxidation sites excluding steroid dienone is 1. The van der Waals surface area contributed by atoms with E-state index in [1.165, 1.54) is 13.2 Å². The normalized spacial score (nSPS) is 10.7. The van der Waals surface area contributed by atoms with E-state index in [1.54, 1.807) is 30.3 Å². The third-order valence-electron chi connectivity index (χ3n) is 4.66. The Bertz CT molecular complexity index is 905. The minimum atomic E-state index is -0.339. The molecule has 0 spiro atoms. The molecule has 2 rings (SSSR count). The number of aliphatic hydroxyl groups is 1. The van der Waals surface area contributed by atoms with Crippen molar-refractivity contribution in [3.63, 3.8) is 0 Å². The Kier molecular flexibility index (Phi) is 9.45. The minimum absolute atomic E-state index is 0.0878. The number of likely N-dealkylation sites (N-methyl/N-ethyl adjacent to an activating group) is 1. The number of nitrogens with one attached hydrogen (secondary N) is 1. The number of methoxy groups -OCH3 is 1. The van der Waals surface area contributed by atoms with Gasteiger partial charge in [0, 0.05) is 43.4 Å². The number of rotatable bonds is 11. The maximum atomic E-state index is 12.4. The number of benzene rings is 2. The first-order valence-electron chi connectivity index (χ1n) is 10.0. The largest absolute Gasteiger partial charge is 0.469 e. The molecule has 0 unspecified atom stereocenters. The van der Waals surface area contributed by atoms with Gasteiger partial charge in [0.05, 0.1) is 13.7 Å². The van der Waals surface area contributed by atoms with Gasteiger partial charge in [-0.2, -0.15) is 0 Å². The fourth-order valence-corrected chi connectivity index (χ4v) is 2.82. The Hall–Kier alpha value is -3.45. The molecule has 7 heteroatoms. The Balaban J connectivity index is 1.87. The lowest BCUT2D eigenvalue weighted by atomic mass is 10.1. The standard InChI is InChI=1S/C24H28N2O5/c1-26(16-17-27)21-13-6-18(7-14-21)8-15-22(28)19-9-11-20(12-10-19)25-23(29)4-3-5-24(30)31-2/h6-15,27H,3-5,16-17H2,1-2H3,(H,25,29)/b15-8+. The molecule has 0 aliphatic carbocycles. The lowest BCUT2D eigenvalue weighted by Crippen LogP contribution is -2.20. The van der Waals surface area contributed by atoms with Crippen molar-refractivity contribution in [1.29, 1.82) is 0 Å². The molecule has 0 saturated heterocycles. The lowest BCUT2D eigenvalue weighted by molar-refractivity contribution is -0.140. The van der Waals surface area contributed by atoms with Crippen LogP contribution in [-0.4, -0.2) is 50.1 Å². The van der Waals surface area contributed by atoms with Crippen LogP contribution in [0.2, 0.25) is 0 Å². The number of ketones is 1. The summed E-state index contributed by atoms with van der Waals surface area (Å²) >= 11 is 0. The first-order chi connectivity index (χ1) is 14.9. The van der Waals surface area contributed by atoms with Crippen LogP contribution in [0.25, 0.3) is 6.08 Å². The quantitative estimate of drug-likeness (QED) is 0.326. The SMILES string of the molecule is COC(=O)CCCC(=O)Nc1ccc(C(=O)/C=C/c2ccc(N(C)CCO)cc2)cc1. The Morgan fingerprint density at radius 1 is 1.03 bits per heavy atom. The van der Waals surface area contributed by atoms with Crippen LogP contribution in [0.4, 0.5) is 11.4 Å². The third kappa shape index (κ3) is 8.06. The number of carbonyl (C=O) groups is 3. The summed E-state index contributed by atoms with van der Waals surface area (Å²) < 4.78 is 4.54. The Morgan fingerprint density at radius 2 is 1.71 bits per heavy atom. The Morgan fingerprint density at radius 3 is 2.32 bits per heavy atom. The number of carbonyl (C=O) groups excluding carboxylic acids is 3. The second-order valence-electron chi connectivity index (χ2n) is 6.99. The van der Waals surface area contributed by atoms with Gasteiger partial charge in [0.15, 0.2) is 5.78 Å². The van der Waals surface area contributed by atoms with Gasteiger partial charge in [0.2, 0.25) is 5.91 Å². The Labute approximate surface area is 182 Å². The van der Waals surface area contributed by atoms with Crippen molar-refractivity contribution in [1.82, 2.24) is 0 Å². The van der Waals surface area contributed by atoms with Crippen molar-refractivity contribution in [3.05, 3.63) is 65.7 Å². The molecule has 0 atom stereocenters. The molecule has 1 amide bonds. The summed E-state index contributed by atoms with van der Waals surface area (Å²) in [7, 11) is 3.22. The molecule has 31 heavy (non-hydrogen) atoms. The van der Waals surface area contributed by atoms with Crippen molar-refractivity contribution < 1.29 is 24.2 Å². The van der Waals surface area contributed by atoms with Crippen LogP contribution >= 0.6 is 0 Å². The zero-order chi connectivity index (χ0) is 22.6. The van der Waals surface area contributed by atoms with Crippen LogP contribution < -0.4 is 10.2 Å². The zero-order valence-corrected chi connectivity index (χ0v) is 17.8. The summed E-state index contributed by atoms with van der Waals surface area (Å²) in [6.45, 7) is 0.641. The van der Waals surface area contributed by atoms with Crippen molar-refractivity contribution in [2.75, 3.05) is 37.5 Å². The molecule has 164 valence electrons. The predicted molar refractivity (Wildman–Crippen MR) is 121 cm³/mol. The fourth-order valence-electron chi connectivity index (χ4n) is 2.82. The average Bonchev–Trinajstić information content (AvgIpc) is 2.78. The monoisotopic (exact) mass is 424 g/mol. The second-order valence-corrected chi connectivity index (χ2v) is 6.99. The molecule has 0 bridgehead atoms. The number of hydrogen-bond donors (Lipinski definition) is 2. The molecule has 0 aliphatic heterocycles. The summed E-state index contributed by atoms with van der Waals surface area (Å²) in [5.74, 6) is -0.679. The van der Waals surface area contributed by atoms with Crippen molar-refractivity contribution in [2.45, 2.75) is 19.3 Å². The zero-order valence-electron chi connectivity index (χ0n) is 17.8. The number of esters is 1. The maximum absolute atomic E-state index is 12.4. The third-order valence-corrected chi connectivity index (χ3v) is 4.66. The summed E-state index contributed by atoms with van der Waals surface area (Å²) in [6, 6.07) is 14.3. The van der Waals surface area contributed by atoms with E-state index in [1.807, 2.05) is 36.2 Å². The van der Waals surface area contributed by atoms with E-state index < -0.39 is 0 Å². The molecule has 0 fully saturated rings. The van der Waals surface area contributed by atoms with Gasteiger partial charge in [0.1, 0.15) is 0 Å². The van der Waals surface area contributed by atoms with E-state index >= 15 is 0 Å². The van der Waals surface area contributed by atoms with E-state index in [2.05, 4.69) is 10.1 Å². The van der Waals surface area contributed by atoms with E-state index in [0.29, 0.717) is 24.2 Å². The molecule has 0 heterocycles. The maximum Gasteiger partial charge on any atom is 0.305 e. The fraction of sp³-hybridized carbons (Fsp3) is 0.292. The highest BCUT2D eigenvalue weighted by atomic mass is 16.5. The topological polar surface area (TPSA) is 95.9 Å². The van der Waals surface area contributed by atoms with Crippen LogP contribution in [0.15, 0.2) is 54.6 Å². The summed E-state index contributed by atoms with van der Waals surface area (Å²) in [6.07, 6.45) is 4.08. The predicted octanol–water partition coefficient (Wildman–Crippen LogP) is 3.29. The van der Waals surface area contributed by atoms with Gasteiger partial charge in [-0.25, -0.2) is 0 Å². The van der Waals surface area contributed by atoms with E-state index in [9.17, 15) is 14.4 Å². The first-order valence-corrected chi connectivity index (χ1v) is 10.0. The van der Waals surface area contributed by atoms with Crippen LogP contribution in [0, 0.1) is 0 Å². The van der Waals surface area contributed by atoms with Gasteiger partial charge in [0.25, 0.3) is 0 Å². The van der Waals surface area contributed by atoms with E-state index in [0.717, 1.165) is 11.3 Å². The van der Waals surface area contributed by atoms with Gasteiger partial charge in [-0.05, 0) is 54.5 Å². The van der Waals surface area contributed by atoms with Crippen LogP contribution in [0.5, 0.6) is 0 Å². The molecule has 2 aromatic carbocycles. The molecule has 0 saturated carbocycles. The average molecular weight is 424 g/mol. The number of ether oxygens (including phenoxy) is 1. The van der Waals surface area contributed by atoms with Gasteiger partial charge in [-0.3, -0.25) is 14.4 Å². The van der Waals surface area contributed by atoms with Crippen molar-refractivity contribution in [3.8, 4) is 0 Å². The number of anilines is 2. The molecule has 0 aliphatic rings. The highest BCUT2D eigenvalue weighted by molar-refractivity contribution is 6.07. The molecule has 7 nitrogen and oxygen atoms in total. The molecule has 2 aromatic rings. The van der Waals surface area contributed by atoms with Crippen molar-refractivity contribution in [2.24, 2.45) is 0 Å². The summed E-state index contributed by atoms with van der Waals surface area (Å²) in [5, 5.41) is 11.7. The van der Waals surface area contributed by atoms with Crippen LogP contribution in [-0.2, 0) is 14.3 Å². The summed E-state index contributed by atoms with van der Waals surface area (Å²) in [5.41, 5.74) is 2.98. The highest BCUT2D eigenvalue weighted by Crippen LogP contribution is 2.16. The molecule has 0 aromatic heterocycles. The first kappa shape index (κ1) is 23.8. The lowest BCUT2D eigenvalue weighted by Gasteiger charge is -2.17. The number of amides is 1. The number of nitrogens with zero attached hydrogens (tertiary/aromatic N) is 1. The number of hydrogen-bond acceptors (Lipinski definition) is 6. The van der Waals surface area contributed by atoms with Gasteiger partial charge in [-0.15, -0.1) is 0 Å². The highest BCUT2D eigenvalue weighted by Gasteiger charge is 2.07.